The Bertz CT molecular complexity index is 945. The molecule has 0 aliphatic carbocycles. The van der Waals surface area contributed by atoms with Crippen LogP contribution >= 0.6 is 0 Å². The van der Waals surface area contributed by atoms with Crippen LogP contribution in [0.2, 0.25) is 0 Å². The second-order valence-corrected chi connectivity index (χ2v) is 6.75. The van der Waals surface area contributed by atoms with Crippen molar-refractivity contribution in [1.82, 2.24) is 4.98 Å². The van der Waals surface area contributed by atoms with Crippen LogP contribution < -0.4 is 14.5 Å². The third-order valence-electron chi connectivity index (χ3n) is 4.97. The molecular weight excluding hydrogens is 348 g/mol. The number of aromatic nitrogens is 1. The van der Waals surface area contributed by atoms with E-state index in [1.807, 2.05) is 73.1 Å². The van der Waals surface area contributed by atoms with Gasteiger partial charge in [-0.1, -0.05) is 30.3 Å². The van der Waals surface area contributed by atoms with Gasteiger partial charge in [0.1, 0.15) is 12.4 Å². The number of ether oxygens (including phenoxy) is 1. The summed E-state index contributed by atoms with van der Waals surface area (Å²) in [4.78, 5) is 8.80. The number of anilines is 2. The van der Waals surface area contributed by atoms with Crippen molar-refractivity contribution in [2.75, 3.05) is 36.0 Å². The molecule has 3 aromatic rings. The molecule has 1 aromatic heterocycles. The molecule has 0 amide bonds. The van der Waals surface area contributed by atoms with Crippen molar-refractivity contribution in [1.29, 1.82) is 5.26 Å². The highest BCUT2D eigenvalue weighted by atomic mass is 16.5. The van der Waals surface area contributed by atoms with E-state index in [9.17, 15) is 5.26 Å². The van der Waals surface area contributed by atoms with Gasteiger partial charge in [-0.15, -0.1) is 0 Å². The molecule has 2 heterocycles. The number of pyridine rings is 1. The maximum absolute atomic E-state index is 9.28. The molecule has 0 atom stereocenters. The molecule has 5 heteroatoms. The van der Waals surface area contributed by atoms with Gasteiger partial charge in [-0.05, 0) is 29.8 Å². The Morgan fingerprint density at radius 1 is 0.893 bits per heavy atom. The van der Waals surface area contributed by atoms with Crippen LogP contribution in [0, 0.1) is 11.3 Å². The van der Waals surface area contributed by atoms with Crippen molar-refractivity contribution < 1.29 is 4.74 Å². The van der Waals surface area contributed by atoms with Crippen molar-refractivity contribution >= 4 is 11.4 Å². The Balaban J connectivity index is 1.49. The summed E-state index contributed by atoms with van der Waals surface area (Å²) < 4.78 is 6.12. The van der Waals surface area contributed by atoms with E-state index in [-0.39, 0.29) is 0 Å². The van der Waals surface area contributed by atoms with Gasteiger partial charge in [-0.3, -0.25) is 4.98 Å². The van der Waals surface area contributed by atoms with Crippen molar-refractivity contribution in [2.45, 2.75) is 6.61 Å². The molecule has 4 rings (SSSR count). The van der Waals surface area contributed by atoms with E-state index >= 15 is 0 Å². The van der Waals surface area contributed by atoms with Crippen LogP contribution in [0.15, 0.2) is 73.1 Å². The minimum Gasteiger partial charge on any atom is -0.487 e. The molecular formula is C23H22N4O. The van der Waals surface area contributed by atoms with Crippen molar-refractivity contribution in [2.24, 2.45) is 0 Å². The monoisotopic (exact) mass is 370 g/mol. The molecule has 0 bridgehead atoms. The van der Waals surface area contributed by atoms with E-state index in [4.69, 9.17) is 4.74 Å². The lowest BCUT2D eigenvalue weighted by Gasteiger charge is -2.37. The van der Waals surface area contributed by atoms with E-state index in [1.165, 1.54) is 5.69 Å². The van der Waals surface area contributed by atoms with Crippen LogP contribution in [0.5, 0.6) is 5.75 Å². The first-order valence-electron chi connectivity index (χ1n) is 9.44. The number of nitriles is 1. The summed E-state index contributed by atoms with van der Waals surface area (Å²) in [6.45, 7) is 4.15. The summed E-state index contributed by atoms with van der Waals surface area (Å²) in [5, 5.41) is 9.28. The second kappa shape index (κ2) is 8.45. The molecule has 1 saturated heterocycles. The van der Waals surface area contributed by atoms with Crippen molar-refractivity contribution in [3.05, 3.63) is 84.2 Å². The first kappa shape index (κ1) is 17.9. The van der Waals surface area contributed by atoms with Crippen LogP contribution in [-0.2, 0) is 6.61 Å². The number of hydrogen-bond donors (Lipinski definition) is 0. The van der Waals surface area contributed by atoms with E-state index in [0.29, 0.717) is 12.2 Å². The molecule has 2 aromatic carbocycles. The SMILES string of the molecule is N#Cc1ccc(N2CCN(c3ccncc3)CC2)c(OCc2ccccc2)c1. The lowest BCUT2D eigenvalue weighted by Crippen LogP contribution is -2.46. The summed E-state index contributed by atoms with van der Waals surface area (Å²) >= 11 is 0. The van der Waals surface area contributed by atoms with Crippen LogP contribution in [0.4, 0.5) is 11.4 Å². The maximum Gasteiger partial charge on any atom is 0.144 e. The normalized spacial score (nSPS) is 13.8. The minimum atomic E-state index is 0.486. The van der Waals surface area contributed by atoms with Crippen LogP contribution in [0.3, 0.4) is 0 Å². The highest BCUT2D eigenvalue weighted by Gasteiger charge is 2.20. The zero-order valence-electron chi connectivity index (χ0n) is 15.7. The van der Waals surface area contributed by atoms with Gasteiger partial charge in [-0.25, -0.2) is 0 Å². The van der Waals surface area contributed by atoms with Gasteiger partial charge in [0, 0.05) is 50.3 Å². The van der Waals surface area contributed by atoms with E-state index in [1.54, 1.807) is 0 Å². The van der Waals surface area contributed by atoms with Gasteiger partial charge in [0.2, 0.25) is 0 Å². The van der Waals surface area contributed by atoms with Gasteiger partial charge < -0.3 is 14.5 Å². The topological polar surface area (TPSA) is 52.4 Å². The fourth-order valence-corrected chi connectivity index (χ4v) is 3.46. The Hall–Kier alpha value is -3.52. The molecule has 0 saturated carbocycles. The fraction of sp³-hybridized carbons (Fsp3) is 0.217. The highest BCUT2D eigenvalue weighted by molar-refractivity contribution is 5.62. The third-order valence-corrected chi connectivity index (χ3v) is 4.97. The van der Waals surface area contributed by atoms with E-state index in [2.05, 4.69) is 20.9 Å². The van der Waals surface area contributed by atoms with Crippen LogP contribution in [0.1, 0.15) is 11.1 Å². The molecule has 1 aliphatic heterocycles. The van der Waals surface area contributed by atoms with Crippen LogP contribution in [0.25, 0.3) is 0 Å². The van der Waals surface area contributed by atoms with Gasteiger partial charge >= 0.3 is 0 Å². The Morgan fingerprint density at radius 2 is 1.61 bits per heavy atom. The van der Waals surface area contributed by atoms with Crippen LogP contribution in [-0.4, -0.2) is 31.2 Å². The molecule has 1 fully saturated rings. The predicted molar refractivity (Wildman–Crippen MR) is 111 cm³/mol. The fourth-order valence-electron chi connectivity index (χ4n) is 3.46. The lowest BCUT2D eigenvalue weighted by atomic mass is 10.1. The van der Waals surface area contributed by atoms with Gasteiger partial charge in [-0.2, -0.15) is 5.26 Å². The number of nitrogens with zero attached hydrogens (tertiary/aromatic N) is 4. The average molecular weight is 370 g/mol. The average Bonchev–Trinajstić information content (AvgIpc) is 2.79. The number of hydrogen-bond acceptors (Lipinski definition) is 5. The second-order valence-electron chi connectivity index (χ2n) is 6.75. The molecule has 0 spiro atoms. The number of piperazine rings is 1. The zero-order chi connectivity index (χ0) is 19.2. The predicted octanol–water partition coefficient (Wildman–Crippen LogP) is 3.86. The number of benzene rings is 2. The maximum atomic E-state index is 9.28. The highest BCUT2D eigenvalue weighted by Crippen LogP contribution is 2.31. The summed E-state index contributed by atoms with van der Waals surface area (Å²) in [6.07, 6.45) is 3.66. The summed E-state index contributed by atoms with van der Waals surface area (Å²) in [7, 11) is 0. The molecule has 0 N–H and O–H groups in total. The molecule has 5 nitrogen and oxygen atoms in total. The molecule has 0 unspecified atom stereocenters. The molecule has 140 valence electrons. The Labute approximate surface area is 165 Å². The Morgan fingerprint density at radius 3 is 2.32 bits per heavy atom. The van der Waals surface area contributed by atoms with E-state index < -0.39 is 0 Å². The van der Waals surface area contributed by atoms with E-state index in [0.717, 1.165) is 43.2 Å². The summed E-state index contributed by atoms with van der Waals surface area (Å²) in [5.41, 5.74) is 3.97. The quantitative estimate of drug-likeness (QED) is 0.683. The zero-order valence-corrected chi connectivity index (χ0v) is 15.7. The number of rotatable bonds is 5. The molecule has 0 radical (unpaired) electrons. The molecule has 1 aliphatic rings. The summed E-state index contributed by atoms with van der Waals surface area (Å²) in [6, 6.07) is 22.1. The third kappa shape index (κ3) is 4.07. The van der Waals surface area contributed by atoms with Crippen molar-refractivity contribution in [3.8, 4) is 11.8 Å². The first-order chi connectivity index (χ1) is 13.8. The van der Waals surface area contributed by atoms with Gasteiger partial charge in [0.15, 0.2) is 0 Å². The first-order valence-corrected chi connectivity index (χ1v) is 9.44. The molecule has 28 heavy (non-hydrogen) atoms. The standard InChI is InChI=1S/C23H22N4O/c24-17-20-6-7-22(23(16-20)28-18-19-4-2-1-3-5-19)27-14-12-26(13-15-27)21-8-10-25-11-9-21/h1-11,16H,12-15,18H2. The minimum absolute atomic E-state index is 0.486. The summed E-state index contributed by atoms with van der Waals surface area (Å²) in [5.74, 6) is 0.764. The smallest absolute Gasteiger partial charge is 0.144 e. The Kier molecular flexibility index (Phi) is 5.39. The largest absolute Gasteiger partial charge is 0.487 e. The lowest BCUT2D eigenvalue weighted by molar-refractivity contribution is 0.306. The van der Waals surface area contributed by atoms with Gasteiger partial charge in [0.05, 0.1) is 17.3 Å². The van der Waals surface area contributed by atoms with Gasteiger partial charge in [0.25, 0.3) is 0 Å². The van der Waals surface area contributed by atoms with Crippen molar-refractivity contribution in [3.63, 3.8) is 0 Å².